The molecule has 1 aromatic rings. The van der Waals surface area contributed by atoms with Crippen molar-refractivity contribution >= 4 is 5.69 Å². The average molecular weight is 273 g/mol. The minimum absolute atomic E-state index is 0.826. The summed E-state index contributed by atoms with van der Waals surface area (Å²) in [7, 11) is 0. The van der Waals surface area contributed by atoms with Crippen LogP contribution in [-0.2, 0) is 0 Å². The molecule has 1 atom stereocenters. The summed E-state index contributed by atoms with van der Waals surface area (Å²) in [6.45, 7) is 7.44. The van der Waals surface area contributed by atoms with Crippen LogP contribution in [0.2, 0.25) is 0 Å². The highest BCUT2D eigenvalue weighted by Crippen LogP contribution is 2.19. The second kappa shape index (κ2) is 7.09. The van der Waals surface area contributed by atoms with E-state index in [1.54, 1.807) is 0 Å². The van der Waals surface area contributed by atoms with Gasteiger partial charge in [-0.1, -0.05) is 24.6 Å². The van der Waals surface area contributed by atoms with Gasteiger partial charge in [-0.3, -0.25) is 9.80 Å². The third-order valence-electron chi connectivity index (χ3n) is 4.69. The van der Waals surface area contributed by atoms with E-state index in [1.807, 2.05) is 0 Å². The van der Waals surface area contributed by atoms with E-state index in [-0.39, 0.29) is 0 Å². The van der Waals surface area contributed by atoms with Gasteiger partial charge in [0.25, 0.3) is 0 Å². The molecule has 2 aliphatic rings. The van der Waals surface area contributed by atoms with Crippen LogP contribution in [0.3, 0.4) is 0 Å². The van der Waals surface area contributed by atoms with E-state index in [2.05, 4.69) is 45.4 Å². The predicted octanol–water partition coefficient (Wildman–Crippen LogP) is 2.66. The van der Waals surface area contributed by atoms with Gasteiger partial charge in [0, 0.05) is 31.4 Å². The second-order valence-electron chi connectivity index (χ2n) is 6.13. The number of nitrogens with one attached hydrogen (secondary N) is 1. The lowest BCUT2D eigenvalue weighted by molar-refractivity contribution is 0.163. The van der Waals surface area contributed by atoms with Crippen LogP contribution in [0.4, 0.5) is 5.69 Å². The molecule has 2 heterocycles. The van der Waals surface area contributed by atoms with Gasteiger partial charge >= 0.3 is 0 Å². The van der Waals surface area contributed by atoms with Crippen LogP contribution >= 0.6 is 0 Å². The summed E-state index contributed by atoms with van der Waals surface area (Å²) in [4.78, 5) is 5.35. The van der Waals surface area contributed by atoms with Gasteiger partial charge in [0.2, 0.25) is 0 Å². The molecule has 0 spiro atoms. The van der Waals surface area contributed by atoms with E-state index in [0.717, 1.165) is 12.6 Å². The van der Waals surface area contributed by atoms with Crippen LogP contribution in [0.25, 0.3) is 0 Å². The molecule has 0 amide bonds. The van der Waals surface area contributed by atoms with Crippen molar-refractivity contribution in [1.29, 1.82) is 0 Å². The summed E-state index contributed by atoms with van der Waals surface area (Å²) in [5.74, 6) is 0. The topological polar surface area (TPSA) is 18.5 Å². The molecule has 3 nitrogen and oxygen atoms in total. The van der Waals surface area contributed by atoms with Crippen molar-refractivity contribution in [2.45, 2.75) is 31.7 Å². The second-order valence-corrected chi connectivity index (χ2v) is 6.13. The number of benzene rings is 1. The Morgan fingerprint density at radius 1 is 1.00 bits per heavy atom. The van der Waals surface area contributed by atoms with Gasteiger partial charge < -0.3 is 5.32 Å². The van der Waals surface area contributed by atoms with Gasteiger partial charge in [0.05, 0.1) is 0 Å². The third-order valence-corrected chi connectivity index (χ3v) is 4.69. The molecule has 0 radical (unpaired) electrons. The van der Waals surface area contributed by atoms with Crippen LogP contribution in [0.15, 0.2) is 30.3 Å². The highest BCUT2D eigenvalue weighted by atomic mass is 15.3. The molecule has 1 N–H and O–H groups in total. The van der Waals surface area contributed by atoms with Crippen molar-refractivity contribution in [2.24, 2.45) is 0 Å². The maximum absolute atomic E-state index is 3.51. The zero-order valence-electron chi connectivity index (χ0n) is 12.4. The van der Waals surface area contributed by atoms with Crippen LogP contribution in [0, 0.1) is 0 Å². The Morgan fingerprint density at radius 2 is 1.80 bits per heavy atom. The Balaban J connectivity index is 1.37. The third kappa shape index (κ3) is 3.74. The summed E-state index contributed by atoms with van der Waals surface area (Å²) < 4.78 is 0. The summed E-state index contributed by atoms with van der Waals surface area (Å²) in [5.41, 5.74) is 1.24. The summed E-state index contributed by atoms with van der Waals surface area (Å²) in [6, 6.07) is 11.3. The Hall–Kier alpha value is -1.06. The van der Waals surface area contributed by atoms with E-state index >= 15 is 0 Å². The molecule has 0 aromatic heterocycles. The van der Waals surface area contributed by atoms with Crippen molar-refractivity contribution < 1.29 is 0 Å². The van der Waals surface area contributed by atoms with E-state index in [0.29, 0.717) is 0 Å². The molecule has 0 saturated carbocycles. The summed E-state index contributed by atoms with van der Waals surface area (Å²) >= 11 is 0. The fraction of sp³-hybridized carbons (Fsp3) is 0.647. The van der Waals surface area contributed by atoms with E-state index < -0.39 is 0 Å². The van der Waals surface area contributed by atoms with Crippen molar-refractivity contribution in [3.05, 3.63) is 30.3 Å². The Bertz CT molecular complexity index is 386. The number of para-hydroxylation sites is 1. The van der Waals surface area contributed by atoms with Gasteiger partial charge in [-0.2, -0.15) is 0 Å². The van der Waals surface area contributed by atoms with E-state index in [4.69, 9.17) is 0 Å². The Kier molecular flexibility index (Phi) is 4.93. The fourth-order valence-corrected chi connectivity index (χ4v) is 3.51. The minimum atomic E-state index is 0.826. The zero-order chi connectivity index (χ0) is 13.6. The Morgan fingerprint density at radius 3 is 2.60 bits per heavy atom. The standard InChI is InChI=1S/C17H27N3/c1-3-7-16(8-4-1)18-10-14-19-13-9-17(15-19)20-11-5-2-6-12-20/h1,3-4,7-8,17-18H,2,5-6,9-15H2. The summed E-state index contributed by atoms with van der Waals surface area (Å²) in [5, 5.41) is 3.51. The van der Waals surface area contributed by atoms with E-state index in [9.17, 15) is 0 Å². The highest BCUT2D eigenvalue weighted by molar-refractivity contribution is 5.42. The van der Waals surface area contributed by atoms with Crippen molar-refractivity contribution in [3.8, 4) is 0 Å². The fourth-order valence-electron chi connectivity index (χ4n) is 3.51. The molecular weight excluding hydrogens is 246 g/mol. The van der Waals surface area contributed by atoms with Crippen molar-refractivity contribution in [2.75, 3.05) is 44.6 Å². The maximum Gasteiger partial charge on any atom is 0.0340 e. The molecule has 20 heavy (non-hydrogen) atoms. The number of piperidine rings is 1. The molecule has 2 aliphatic heterocycles. The van der Waals surface area contributed by atoms with Crippen LogP contribution in [-0.4, -0.2) is 55.1 Å². The van der Waals surface area contributed by atoms with Gasteiger partial charge in [-0.05, 0) is 51.0 Å². The van der Waals surface area contributed by atoms with Gasteiger partial charge in [0.1, 0.15) is 0 Å². The lowest BCUT2D eigenvalue weighted by atomic mass is 10.1. The Labute approximate surface area is 123 Å². The van der Waals surface area contributed by atoms with Crippen LogP contribution in [0.5, 0.6) is 0 Å². The monoisotopic (exact) mass is 273 g/mol. The highest BCUT2D eigenvalue weighted by Gasteiger charge is 2.27. The maximum atomic E-state index is 3.51. The molecule has 110 valence electrons. The number of nitrogens with zero attached hydrogens (tertiary/aromatic N) is 2. The van der Waals surface area contributed by atoms with Gasteiger partial charge in [0.15, 0.2) is 0 Å². The first-order valence-electron chi connectivity index (χ1n) is 8.17. The molecule has 0 bridgehead atoms. The quantitative estimate of drug-likeness (QED) is 0.890. The molecule has 3 rings (SSSR count). The SMILES string of the molecule is c1ccc(NCCN2CCC(N3CCCCC3)C2)cc1. The molecule has 0 aliphatic carbocycles. The van der Waals surface area contributed by atoms with Crippen LogP contribution in [0.1, 0.15) is 25.7 Å². The number of rotatable bonds is 5. The lowest BCUT2D eigenvalue weighted by Gasteiger charge is -2.32. The number of hydrogen-bond donors (Lipinski definition) is 1. The number of anilines is 1. The average Bonchev–Trinajstić information content (AvgIpc) is 2.98. The smallest absolute Gasteiger partial charge is 0.0340 e. The number of likely N-dealkylation sites (tertiary alicyclic amines) is 2. The normalized spacial score (nSPS) is 24.9. The first-order chi connectivity index (χ1) is 9.92. The van der Waals surface area contributed by atoms with E-state index in [1.165, 1.54) is 64.1 Å². The zero-order valence-corrected chi connectivity index (χ0v) is 12.4. The predicted molar refractivity (Wildman–Crippen MR) is 85.2 cm³/mol. The molecule has 2 saturated heterocycles. The van der Waals surface area contributed by atoms with Gasteiger partial charge in [-0.25, -0.2) is 0 Å². The molecule has 1 aromatic carbocycles. The molecule has 2 fully saturated rings. The largest absolute Gasteiger partial charge is 0.384 e. The number of hydrogen-bond acceptors (Lipinski definition) is 3. The van der Waals surface area contributed by atoms with Gasteiger partial charge in [-0.15, -0.1) is 0 Å². The summed E-state index contributed by atoms with van der Waals surface area (Å²) in [6.07, 6.45) is 5.62. The van der Waals surface area contributed by atoms with Crippen LogP contribution < -0.4 is 5.32 Å². The molecule has 1 unspecified atom stereocenters. The first-order valence-corrected chi connectivity index (χ1v) is 8.17. The van der Waals surface area contributed by atoms with Crippen molar-refractivity contribution in [1.82, 2.24) is 9.80 Å². The molecular formula is C17H27N3. The minimum Gasteiger partial charge on any atom is -0.384 e. The first kappa shape index (κ1) is 13.9. The molecule has 3 heteroatoms. The lowest BCUT2D eigenvalue weighted by Crippen LogP contribution is -2.41. The van der Waals surface area contributed by atoms with Crippen molar-refractivity contribution in [3.63, 3.8) is 0 Å².